The zero-order valence-electron chi connectivity index (χ0n) is 9.00. The second kappa shape index (κ2) is 3.39. The Bertz CT molecular complexity index is 437. The monoisotopic (exact) mass is 204 g/mol. The molecule has 0 unspecified atom stereocenters. The summed E-state index contributed by atoms with van der Waals surface area (Å²) in [7, 11) is 0. The molecule has 0 amide bonds. The maximum absolute atomic E-state index is 2.32. The number of fused-ring (bicyclic) bond motifs is 1. The first-order valence-corrected chi connectivity index (χ1v) is 6.00. The summed E-state index contributed by atoms with van der Waals surface area (Å²) >= 11 is 1.83. The lowest BCUT2D eigenvalue weighted by atomic mass is 9.81. The normalized spacial score (nSPS) is 12.2. The van der Waals surface area contributed by atoms with Gasteiger partial charge in [0, 0.05) is 4.70 Å². The van der Waals surface area contributed by atoms with Gasteiger partial charge in [0.1, 0.15) is 0 Å². The summed E-state index contributed by atoms with van der Waals surface area (Å²) in [5.74, 6) is 0. The van der Waals surface area contributed by atoms with Crippen molar-refractivity contribution in [2.75, 3.05) is 0 Å². The van der Waals surface area contributed by atoms with Crippen LogP contribution in [0.25, 0.3) is 10.1 Å². The van der Waals surface area contributed by atoms with Crippen LogP contribution < -0.4 is 0 Å². The van der Waals surface area contributed by atoms with Crippen molar-refractivity contribution in [3.8, 4) is 0 Å². The topological polar surface area (TPSA) is 0 Å². The van der Waals surface area contributed by atoms with Gasteiger partial charge in [0.15, 0.2) is 0 Å². The fourth-order valence-electron chi connectivity index (χ4n) is 1.77. The third-order valence-electron chi connectivity index (χ3n) is 3.11. The van der Waals surface area contributed by atoms with Crippen molar-refractivity contribution < 1.29 is 0 Å². The first-order chi connectivity index (χ1) is 6.65. The van der Waals surface area contributed by atoms with E-state index < -0.39 is 0 Å². The van der Waals surface area contributed by atoms with Crippen LogP contribution in [-0.4, -0.2) is 0 Å². The van der Waals surface area contributed by atoms with Gasteiger partial charge in [0.25, 0.3) is 0 Å². The molecule has 0 fully saturated rings. The molecule has 2 rings (SSSR count). The van der Waals surface area contributed by atoms with Gasteiger partial charge in [0.2, 0.25) is 0 Å². The zero-order valence-corrected chi connectivity index (χ0v) is 9.82. The molecule has 0 N–H and O–H groups in total. The van der Waals surface area contributed by atoms with E-state index in [-0.39, 0.29) is 0 Å². The zero-order chi connectivity index (χ0) is 10.2. The molecule has 0 spiro atoms. The lowest BCUT2D eigenvalue weighted by Crippen LogP contribution is -2.15. The van der Waals surface area contributed by atoms with Gasteiger partial charge < -0.3 is 0 Å². The summed E-state index contributed by atoms with van der Waals surface area (Å²) in [4.78, 5) is 0. The Balaban J connectivity index is 2.67. The van der Waals surface area contributed by atoms with E-state index in [1.165, 1.54) is 22.1 Å². The standard InChI is InChI=1S/C13H16S/c1-4-13(2,3)11-6-5-7-12-10(11)8-9-14-12/h5-9H,4H2,1-3H3. The maximum Gasteiger partial charge on any atom is 0.0345 e. The Morgan fingerprint density at radius 2 is 2.00 bits per heavy atom. The van der Waals surface area contributed by atoms with Gasteiger partial charge in [-0.1, -0.05) is 32.9 Å². The predicted molar refractivity (Wildman–Crippen MR) is 65.1 cm³/mol. The van der Waals surface area contributed by atoms with Gasteiger partial charge in [-0.25, -0.2) is 0 Å². The Labute approximate surface area is 89.6 Å². The summed E-state index contributed by atoms with van der Waals surface area (Å²) < 4.78 is 1.41. The minimum Gasteiger partial charge on any atom is -0.144 e. The summed E-state index contributed by atoms with van der Waals surface area (Å²) in [6, 6.07) is 8.88. The number of hydrogen-bond donors (Lipinski definition) is 0. The van der Waals surface area contributed by atoms with E-state index in [2.05, 4.69) is 50.4 Å². The van der Waals surface area contributed by atoms with Crippen LogP contribution in [0.3, 0.4) is 0 Å². The molecule has 1 aromatic heterocycles. The van der Waals surface area contributed by atoms with Gasteiger partial charge in [0.05, 0.1) is 0 Å². The van der Waals surface area contributed by atoms with Gasteiger partial charge >= 0.3 is 0 Å². The van der Waals surface area contributed by atoms with E-state index in [1.807, 2.05) is 11.3 Å². The third-order valence-corrected chi connectivity index (χ3v) is 3.99. The minimum atomic E-state index is 0.292. The van der Waals surface area contributed by atoms with Crippen LogP contribution in [-0.2, 0) is 5.41 Å². The van der Waals surface area contributed by atoms with E-state index in [0.29, 0.717) is 5.41 Å². The Morgan fingerprint density at radius 3 is 2.71 bits per heavy atom. The highest BCUT2D eigenvalue weighted by molar-refractivity contribution is 7.17. The van der Waals surface area contributed by atoms with Gasteiger partial charge in [-0.05, 0) is 40.3 Å². The van der Waals surface area contributed by atoms with Crippen molar-refractivity contribution in [2.24, 2.45) is 0 Å². The smallest absolute Gasteiger partial charge is 0.0345 e. The number of thiophene rings is 1. The Hall–Kier alpha value is -0.820. The summed E-state index contributed by atoms with van der Waals surface area (Å²) in [6.07, 6.45) is 1.18. The van der Waals surface area contributed by atoms with Crippen molar-refractivity contribution in [3.05, 3.63) is 35.2 Å². The highest BCUT2D eigenvalue weighted by atomic mass is 32.1. The fraction of sp³-hybridized carbons (Fsp3) is 0.385. The molecule has 1 heterocycles. The van der Waals surface area contributed by atoms with Crippen molar-refractivity contribution in [1.29, 1.82) is 0 Å². The number of hydrogen-bond acceptors (Lipinski definition) is 1. The van der Waals surface area contributed by atoms with Crippen molar-refractivity contribution in [3.63, 3.8) is 0 Å². The second-order valence-electron chi connectivity index (χ2n) is 4.38. The van der Waals surface area contributed by atoms with E-state index in [1.54, 1.807) is 0 Å². The third kappa shape index (κ3) is 1.46. The molecule has 74 valence electrons. The molecule has 0 saturated carbocycles. The lowest BCUT2D eigenvalue weighted by molar-refractivity contribution is 0.511. The molecule has 0 radical (unpaired) electrons. The first-order valence-electron chi connectivity index (χ1n) is 5.12. The number of benzene rings is 1. The van der Waals surface area contributed by atoms with Gasteiger partial charge in [-0.15, -0.1) is 11.3 Å². The molecule has 0 nitrogen and oxygen atoms in total. The van der Waals surface area contributed by atoms with Crippen LogP contribution in [0.4, 0.5) is 0 Å². The minimum absolute atomic E-state index is 0.292. The van der Waals surface area contributed by atoms with Crippen LogP contribution in [0.1, 0.15) is 32.8 Å². The highest BCUT2D eigenvalue weighted by Crippen LogP contribution is 2.34. The van der Waals surface area contributed by atoms with E-state index in [4.69, 9.17) is 0 Å². The quantitative estimate of drug-likeness (QED) is 0.671. The van der Waals surface area contributed by atoms with Crippen LogP contribution >= 0.6 is 11.3 Å². The van der Waals surface area contributed by atoms with Gasteiger partial charge in [-0.2, -0.15) is 0 Å². The number of rotatable bonds is 2. The van der Waals surface area contributed by atoms with Crippen molar-refractivity contribution in [1.82, 2.24) is 0 Å². The van der Waals surface area contributed by atoms with E-state index in [9.17, 15) is 0 Å². The van der Waals surface area contributed by atoms with Crippen molar-refractivity contribution in [2.45, 2.75) is 32.6 Å². The average Bonchev–Trinajstić information content (AvgIpc) is 2.64. The summed E-state index contributed by atoms with van der Waals surface area (Å²) in [5.41, 5.74) is 1.78. The van der Waals surface area contributed by atoms with Crippen LogP contribution in [0, 0.1) is 0 Å². The van der Waals surface area contributed by atoms with Gasteiger partial charge in [-0.3, -0.25) is 0 Å². The summed E-state index contributed by atoms with van der Waals surface area (Å²) in [5, 5.41) is 3.62. The molecular weight excluding hydrogens is 188 g/mol. The molecule has 14 heavy (non-hydrogen) atoms. The molecule has 0 aliphatic carbocycles. The van der Waals surface area contributed by atoms with Crippen LogP contribution in [0.2, 0.25) is 0 Å². The van der Waals surface area contributed by atoms with E-state index >= 15 is 0 Å². The maximum atomic E-state index is 2.32. The molecule has 2 aromatic rings. The Morgan fingerprint density at radius 1 is 1.21 bits per heavy atom. The SMILES string of the molecule is CCC(C)(C)c1cccc2sccc12. The van der Waals surface area contributed by atoms with E-state index in [0.717, 1.165) is 0 Å². The molecule has 1 heteroatoms. The largest absolute Gasteiger partial charge is 0.144 e. The molecule has 0 bridgehead atoms. The molecule has 0 aliphatic rings. The first kappa shape index (κ1) is 9.72. The molecule has 0 aliphatic heterocycles. The van der Waals surface area contributed by atoms with Crippen LogP contribution in [0.5, 0.6) is 0 Å². The molecule has 1 aromatic carbocycles. The van der Waals surface area contributed by atoms with Crippen molar-refractivity contribution >= 4 is 21.4 Å². The average molecular weight is 204 g/mol. The molecule has 0 saturated heterocycles. The lowest BCUT2D eigenvalue weighted by Gasteiger charge is -2.24. The van der Waals surface area contributed by atoms with Crippen LogP contribution in [0.15, 0.2) is 29.6 Å². The Kier molecular flexibility index (Phi) is 2.36. The fourth-order valence-corrected chi connectivity index (χ4v) is 2.59. The molecule has 0 atom stereocenters. The predicted octanol–water partition coefficient (Wildman–Crippen LogP) is 4.59. The summed E-state index contributed by atoms with van der Waals surface area (Å²) in [6.45, 7) is 6.89. The second-order valence-corrected chi connectivity index (χ2v) is 5.32. The molecular formula is C13H16S. The highest BCUT2D eigenvalue weighted by Gasteiger charge is 2.20.